The molecule has 2 bridgehead atoms. The summed E-state index contributed by atoms with van der Waals surface area (Å²) in [6.45, 7) is 2.10. The van der Waals surface area contributed by atoms with Gasteiger partial charge in [0.15, 0.2) is 5.82 Å². The smallest absolute Gasteiger partial charge is 0.235 e. The summed E-state index contributed by atoms with van der Waals surface area (Å²) < 4.78 is 11.3. The van der Waals surface area contributed by atoms with Crippen LogP contribution in [0.5, 0.6) is 0 Å². The minimum Gasteiger partial charge on any atom is -0.360 e. The molecule has 7 nitrogen and oxygen atoms in total. The zero-order chi connectivity index (χ0) is 20.5. The van der Waals surface area contributed by atoms with E-state index in [9.17, 15) is 9.59 Å². The topological polar surface area (TPSA) is 84.7 Å². The van der Waals surface area contributed by atoms with Crippen molar-refractivity contribution < 1.29 is 18.8 Å². The van der Waals surface area contributed by atoms with Crippen LogP contribution in [0.4, 0.5) is 11.5 Å². The number of hydrogen-bond acceptors (Lipinski definition) is 5. The highest BCUT2D eigenvalue weighted by molar-refractivity contribution is 6.07. The number of rotatable bonds is 3. The maximum Gasteiger partial charge on any atom is 0.235 e. The third-order valence-corrected chi connectivity index (χ3v) is 6.34. The second-order valence-corrected chi connectivity index (χ2v) is 8.14. The molecule has 3 aliphatic heterocycles. The van der Waals surface area contributed by atoms with Crippen molar-refractivity contribution in [2.45, 2.75) is 18.6 Å². The summed E-state index contributed by atoms with van der Waals surface area (Å²) >= 11 is 0. The van der Waals surface area contributed by atoms with E-state index in [1.807, 2.05) is 54.6 Å². The van der Waals surface area contributed by atoms with E-state index in [1.54, 1.807) is 17.9 Å². The standard InChI is InChI=1S/C23H19N3O4/c1-13-11-18(25-30-13)26-12-23-10-9-17(29-23)19(20(23)22(26)28)21(27)24-16-8-4-6-14-5-2-3-7-15(14)16/h2-11,17,19-20H,12H2,1H3,(H,24,27)/t17-,19+,20+,23-/m1/s1. The molecular formula is C23H19N3O4. The number of anilines is 2. The first-order valence-corrected chi connectivity index (χ1v) is 9.96. The Morgan fingerprint density at radius 3 is 2.90 bits per heavy atom. The van der Waals surface area contributed by atoms with Crippen LogP contribution in [0.25, 0.3) is 10.8 Å². The van der Waals surface area contributed by atoms with Gasteiger partial charge in [-0.3, -0.25) is 14.5 Å². The van der Waals surface area contributed by atoms with Crippen LogP contribution in [0, 0.1) is 18.8 Å². The van der Waals surface area contributed by atoms with Gasteiger partial charge in [-0.1, -0.05) is 53.7 Å². The van der Waals surface area contributed by atoms with E-state index >= 15 is 0 Å². The lowest BCUT2D eigenvalue weighted by Gasteiger charge is -2.23. The molecule has 2 fully saturated rings. The Balaban J connectivity index is 1.33. The quantitative estimate of drug-likeness (QED) is 0.682. The average molecular weight is 401 g/mol. The Labute approximate surface area is 172 Å². The number of aryl methyl sites for hydroxylation is 1. The van der Waals surface area contributed by atoms with Crippen molar-refractivity contribution in [3.05, 3.63) is 66.4 Å². The van der Waals surface area contributed by atoms with Crippen molar-refractivity contribution in [2.24, 2.45) is 11.8 Å². The molecular weight excluding hydrogens is 382 g/mol. The lowest BCUT2D eigenvalue weighted by atomic mass is 9.76. The highest BCUT2D eigenvalue weighted by Gasteiger charge is 2.67. The molecule has 2 amide bonds. The molecule has 2 aromatic carbocycles. The number of hydrogen-bond donors (Lipinski definition) is 1. The van der Waals surface area contributed by atoms with Gasteiger partial charge >= 0.3 is 0 Å². The first-order chi connectivity index (χ1) is 14.6. The number of ether oxygens (including phenoxy) is 1. The Morgan fingerprint density at radius 1 is 1.23 bits per heavy atom. The molecule has 0 radical (unpaired) electrons. The second-order valence-electron chi connectivity index (χ2n) is 8.14. The largest absolute Gasteiger partial charge is 0.360 e. The van der Waals surface area contributed by atoms with Crippen LogP contribution < -0.4 is 10.2 Å². The summed E-state index contributed by atoms with van der Waals surface area (Å²) in [6, 6.07) is 15.4. The molecule has 30 heavy (non-hydrogen) atoms. The summed E-state index contributed by atoms with van der Waals surface area (Å²) in [7, 11) is 0. The molecule has 4 heterocycles. The van der Waals surface area contributed by atoms with Crippen molar-refractivity contribution in [2.75, 3.05) is 16.8 Å². The first kappa shape index (κ1) is 17.4. The minimum atomic E-state index is -0.796. The summed E-state index contributed by atoms with van der Waals surface area (Å²) in [4.78, 5) is 28.2. The highest BCUT2D eigenvalue weighted by Crippen LogP contribution is 2.52. The molecule has 0 saturated carbocycles. The van der Waals surface area contributed by atoms with E-state index in [-0.39, 0.29) is 11.8 Å². The molecule has 0 aliphatic carbocycles. The van der Waals surface area contributed by atoms with Crippen molar-refractivity contribution >= 4 is 34.1 Å². The van der Waals surface area contributed by atoms with Crippen molar-refractivity contribution in [1.29, 1.82) is 0 Å². The number of amides is 2. The molecule has 3 aliphatic rings. The second kappa shape index (κ2) is 6.03. The Morgan fingerprint density at radius 2 is 2.07 bits per heavy atom. The fourth-order valence-corrected chi connectivity index (χ4v) is 5.02. The number of nitrogens with one attached hydrogen (secondary N) is 1. The monoisotopic (exact) mass is 401 g/mol. The van der Waals surface area contributed by atoms with Gasteiger partial charge in [-0.25, -0.2) is 0 Å². The zero-order valence-corrected chi connectivity index (χ0v) is 16.2. The lowest BCUT2D eigenvalue weighted by molar-refractivity contribution is -0.128. The Bertz CT molecular complexity index is 1230. The van der Waals surface area contributed by atoms with Crippen molar-refractivity contribution in [3.63, 3.8) is 0 Å². The molecule has 1 aromatic heterocycles. The molecule has 150 valence electrons. The highest BCUT2D eigenvalue weighted by atomic mass is 16.5. The molecule has 2 saturated heterocycles. The zero-order valence-electron chi connectivity index (χ0n) is 16.2. The fourth-order valence-electron chi connectivity index (χ4n) is 5.02. The van der Waals surface area contributed by atoms with Gasteiger partial charge in [0.25, 0.3) is 0 Å². The fraction of sp³-hybridized carbons (Fsp3) is 0.261. The average Bonchev–Trinajstić information content (AvgIpc) is 3.49. The summed E-state index contributed by atoms with van der Waals surface area (Å²) in [6.07, 6.45) is 3.42. The summed E-state index contributed by atoms with van der Waals surface area (Å²) in [5.74, 6) is -0.473. The van der Waals surface area contributed by atoms with Crippen LogP contribution >= 0.6 is 0 Å². The van der Waals surface area contributed by atoms with Gasteiger partial charge in [-0.2, -0.15) is 0 Å². The van der Waals surface area contributed by atoms with E-state index in [0.717, 1.165) is 16.5 Å². The van der Waals surface area contributed by atoms with E-state index in [2.05, 4.69) is 10.5 Å². The Hall–Kier alpha value is -3.45. The number of nitrogens with zero attached hydrogens (tertiary/aromatic N) is 2. The summed E-state index contributed by atoms with van der Waals surface area (Å²) in [5, 5.41) is 9.02. The van der Waals surface area contributed by atoms with Gasteiger partial charge in [-0.15, -0.1) is 0 Å². The number of carbonyl (C=O) groups excluding carboxylic acids is 2. The van der Waals surface area contributed by atoms with Crippen LogP contribution in [-0.4, -0.2) is 35.2 Å². The van der Waals surface area contributed by atoms with Crippen molar-refractivity contribution in [1.82, 2.24) is 5.16 Å². The predicted molar refractivity (Wildman–Crippen MR) is 110 cm³/mol. The number of fused-ring (bicyclic) bond motifs is 2. The van der Waals surface area contributed by atoms with Crippen LogP contribution in [0.2, 0.25) is 0 Å². The van der Waals surface area contributed by atoms with E-state index < -0.39 is 23.5 Å². The normalized spacial score (nSPS) is 29.0. The van der Waals surface area contributed by atoms with Gasteiger partial charge < -0.3 is 14.6 Å². The maximum absolute atomic E-state index is 13.4. The van der Waals surface area contributed by atoms with Gasteiger partial charge in [0.1, 0.15) is 11.4 Å². The Kier molecular flexibility index (Phi) is 3.50. The maximum atomic E-state index is 13.4. The van der Waals surface area contributed by atoms with E-state index in [4.69, 9.17) is 9.26 Å². The van der Waals surface area contributed by atoms with Crippen LogP contribution in [0.1, 0.15) is 5.76 Å². The predicted octanol–water partition coefficient (Wildman–Crippen LogP) is 3.06. The van der Waals surface area contributed by atoms with E-state index in [0.29, 0.717) is 18.1 Å². The number of aromatic nitrogens is 1. The third kappa shape index (κ3) is 2.32. The molecule has 1 spiro atoms. The van der Waals surface area contributed by atoms with Gasteiger partial charge in [0.05, 0.1) is 24.5 Å². The van der Waals surface area contributed by atoms with Crippen LogP contribution in [-0.2, 0) is 14.3 Å². The molecule has 0 unspecified atom stereocenters. The molecule has 3 aromatic rings. The van der Waals surface area contributed by atoms with Gasteiger partial charge in [-0.05, 0) is 18.4 Å². The molecule has 4 atom stereocenters. The number of carbonyl (C=O) groups is 2. The van der Waals surface area contributed by atoms with Crippen LogP contribution in [0.3, 0.4) is 0 Å². The minimum absolute atomic E-state index is 0.159. The number of benzene rings is 2. The molecule has 1 N–H and O–H groups in total. The third-order valence-electron chi connectivity index (χ3n) is 6.34. The first-order valence-electron chi connectivity index (χ1n) is 9.96. The van der Waals surface area contributed by atoms with Crippen LogP contribution in [0.15, 0.2) is 65.2 Å². The van der Waals surface area contributed by atoms with E-state index in [1.165, 1.54) is 0 Å². The van der Waals surface area contributed by atoms with Crippen molar-refractivity contribution in [3.8, 4) is 0 Å². The van der Waals surface area contributed by atoms with Gasteiger partial charge in [0, 0.05) is 17.1 Å². The molecule has 7 heteroatoms. The lowest BCUT2D eigenvalue weighted by Crippen LogP contribution is -2.41. The summed E-state index contributed by atoms with van der Waals surface area (Å²) in [5.41, 5.74) is -0.0663. The van der Waals surface area contributed by atoms with Gasteiger partial charge in [0.2, 0.25) is 11.8 Å². The SMILES string of the molecule is Cc1cc(N2C[C@@]34C=C[C@@H](O3)[C@H](C(=O)Nc3cccc5ccccc35)[C@H]4C2=O)no1. The molecule has 6 rings (SSSR count).